The molecule has 29 heavy (non-hydrogen) atoms. The average Bonchev–Trinajstić information content (AvgIpc) is 3.32. The summed E-state index contributed by atoms with van der Waals surface area (Å²) in [5.74, 6) is 0.672. The maximum Gasteiger partial charge on any atom is 0.242 e. The van der Waals surface area contributed by atoms with E-state index in [0.717, 1.165) is 29.4 Å². The Balaban J connectivity index is 1.44. The van der Waals surface area contributed by atoms with Gasteiger partial charge in [-0.1, -0.05) is 24.3 Å². The zero-order chi connectivity index (χ0) is 20.6. The van der Waals surface area contributed by atoms with Crippen molar-refractivity contribution >= 4 is 27.3 Å². The van der Waals surface area contributed by atoms with Crippen LogP contribution in [0.5, 0.6) is 0 Å². The summed E-state index contributed by atoms with van der Waals surface area (Å²) in [4.78, 5) is 15.3. The van der Waals surface area contributed by atoms with Gasteiger partial charge in [0.05, 0.1) is 22.7 Å². The van der Waals surface area contributed by atoms with Crippen molar-refractivity contribution in [3.63, 3.8) is 0 Å². The van der Waals surface area contributed by atoms with Crippen LogP contribution >= 0.6 is 0 Å². The molecule has 1 saturated heterocycles. The molecule has 0 aromatic heterocycles. The first kappa shape index (κ1) is 19.9. The third-order valence-electron chi connectivity index (χ3n) is 5.96. The van der Waals surface area contributed by atoms with Crippen molar-refractivity contribution in [3.05, 3.63) is 54.1 Å². The highest BCUT2D eigenvalue weighted by molar-refractivity contribution is 7.89. The Morgan fingerprint density at radius 1 is 1.10 bits per heavy atom. The van der Waals surface area contributed by atoms with Crippen molar-refractivity contribution in [2.45, 2.75) is 36.6 Å². The van der Waals surface area contributed by atoms with Gasteiger partial charge in [0.2, 0.25) is 15.9 Å². The lowest BCUT2D eigenvalue weighted by molar-refractivity contribution is -0.115. The summed E-state index contributed by atoms with van der Waals surface area (Å²) in [6, 6.07) is 15.1. The normalized spacial score (nSPS) is 21.0. The molecule has 1 aliphatic heterocycles. The topological polar surface area (TPSA) is 69.7 Å². The second kappa shape index (κ2) is 7.80. The molecule has 7 heteroatoms. The Morgan fingerprint density at radius 2 is 1.83 bits per heavy atom. The molecule has 2 fully saturated rings. The maximum absolute atomic E-state index is 12.6. The molecule has 2 bridgehead atoms. The van der Waals surface area contributed by atoms with Crippen molar-refractivity contribution in [1.29, 1.82) is 0 Å². The number of anilines is 2. The lowest BCUT2D eigenvalue weighted by Crippen LogP contribution is -2.32. The van der Waals surface area contributed by atoms with E-state index in [0.29, 0.717) is 6.04 Å². The number of hydrogen-bond donors (Lipinski definition) is 1. The van der Waals surface area contributed by atoms with Gasteiger partial charge in [-0.3, -0.25) is 4.79 Å². The molecule has 4 rings (SSSR count). The van der Waals surface area contributed by atoms with Gasteiger partial charge < -0.3 is 10.2 Å². The van der Waals surface area contributed by atoms with Crippen molar-refractivity contribution in [2.75, 3.05) is 30.9 Å². The molecule has 1 N–H and O–H groups in total. The number of nitrogens with zero attached hydrogens (tertiary/aromatic N) is 2. The fourth-order valence-corrected chi connectivity index (χ4v) is 5.32. The smallest absolute Gasteiger partial charge is 0.242 e. The molecule has 1 amide bonds. The number of piperidine rings is 1. The Morgan fingerprint density at radius 3 is 2.45 bits per heavy atom. The van der Waals surface area contributed by atoms with Crippen LogP contribution in [-0.4, -0.2) is 45.3 Å². The van der Waals surface area contributed by atoms with E-state index in [-0.39, 0.29) is 17.2 Å². The molecule has 154 valence electrons. The zero-order valence-electron chi connectivity index (χ0n) is 16.8. The first-order valence-corrected chi connectivity index (χ1v) is 11.5. The molecule has 1 saturated carbocycles. The summed E-state index contributed by atoms with van der Waals surface area (Å²) in [6.45, 7) is 1.07. The molecular formula is C22H27N3O3S. The number of fused-ring (bicyclic) bond motifs is 2. The van der Waals surface area contributed by atoms with Gasteiger partial charge in [0, 0.05) is 26.7 Å². The molecule has 0 spiro atoms. The van der Waals surface area contributed by atoms with Gasteiger partial charge >= 0.3 is 0 Å². The molecule has 2 aliphatic rings. The third kappa shape index (κ3) is 4.02. The Bertz CT molecular complexity index is 1000. The number of hydrogen-bond acceptors (Lipinski definition) is 4. The van der Waals surface area contributed by atoms with Crippen LogP contribution in [0, 0.1) is 5.92 Å². The van der Waals surface area contributed by atoms with E-state index in [2.05, 4.69) is 16.3 Å². The quantitative estimate of drug-likeness (QED) is 0.790. The van der Waals surface area contributed by atoms with Crippen molar-refractivity contribution in [1.82, 2.24) is 4.31 Å². The monoisotopic (exact) mass is 413 g/mol. The minimum atomic E-state index is -3.46. The van der Waals surface area contributed by atoms with Crippen LogP contribution in [0.3, 0.4) is 0 Å². The standard InChI is InChI=1S/C22H27N3O3S/c1-24(2)29(27,28)19-11-8-16(9-12-19)14-22(26)23-20-5-3-4-6-21(20)25-15-17-7-10-18(25)13-17/h3-6,8-9,11-12,17-18H,7,10,13-15H2,1-2H3,(H,23,26)/t17?,18-/m1/s1. The van der Waals surface area contributed by atoms with Gasteiger partial charge in [0.1, 0.15) is 0 Å². The number of nitrogens with one attached hydrogen (secondary N) is 1. The Labute approximate surface area is 172 Å². The van der Waals surface area contributed by atoms with E-state index in [9.17, 15) is 13.2 Å². The van der Waals surface area contributed by atoms with Crippen LogP contribution < -0.4 is 10.2 Å². The number of amides is 1. The molecule has 6 nitrogen and oxygen atoms in total. The average molecular weight is 414 g/mol. The largest absolute Gasteiger partial charge is 0.367 e. The minimum absolute atomic E-state index is 0.106. The number of carbonyl (C=O) groups is 1. The lowest BCUT2D eigenvalue weighted by atomic mass is 10.1. The molecule has 1 unspecified atom stereocenters. The van der Waals surface area contributed by atoms with Gasteiger partial charge in [0.25, 0.3) is 0 Å². The summed E-state index contributed by atoms with van der Waals surface area (Å²) < 4.78 is 25.5. The highest BCUT2D eigenvalue weighted by atomic mass is 32.2. The van der Waals surface area contributed by atoms with E-state index in [1.54, 1.807) is 24.3 Å². The highest BCUT2D eigenvalue weighted by Crippen LogP contribution is 2.42. The molecule has 2 aromatic carbocycles. The first-order chi connectivity index (χ1) is 13.8. The number of sulfonamides is 1. The molecule has 2 aromatic rings. The summed E-state index contributed by atoms with van der Waals surface area (Å²) in [5, 5.41) is 3.05. The van der Waals surface area contributed by atoms with E-state index >= 15 is 0 Å². The van der Waals surface area contributed by atoms with Gasteiger partial charge in [0.15, 0.2) is 0 Å². The van der Waals surface area contributed by atoms with Crippen LogP contribution in [0.15, 0.2) is 53.4 Å². The fourth-order valence-electron chi connectivity index (χ4n) is 4.42. The first-order valence-electron chi connectivity index (χ1n) is 10.0. The molecule has 1 aliphatic carbocycles. The van der Waals surface area contributed by atoms with E-state index in [1.807, 2.05) is 18.2 Å². The van der Waals surface area contributed by atoms with Crippen molar-refractivity contribution < 1.29 is 13.2 Å². The van der Waals surface area contributed by atoms with Crippen LogP contribution in [-0.2, 0) is 21.2 Å². The van der Waals surface area contributed by atoms with E-state index < -0.39 is 10.0 Å². The number of rotatable bonds is 6. The minimum Gasteiger partial charge on any atom is -0.367 e. The second-order valence-electron chi connectivity index (χ2n) is 8.16. The van der Waals surface area contributed by atoms with Gasteiger partial charge in [-0.25, -0.2) is 12.7 Å². The van der Waals surface area contributed by atoms with Crippen LogP contribution in [0.2, 0.25) is 0 Å². The van der Waals surface area contributed by atoms with Gasteiger partial charge in [-0.15, -0.1) is 0 Å². The van der Waals surface area contributed by atoms with Crippen LogP contribution in [0.25, 0.3) is 0 Å². The molecular weight excluding hydrogens is 386 g/mol. The number of para-hydroxylation sites is 2. The predicted octanol–water partition coefficient (Wildman–Crippen LogP) is 3.11. The van der Waals surface area contributed by atoms with Crippen molar-refractivity contribution in [2.24, 2.45) is 5.92 Å². The Hall–Kier alpha value is -2.38. The maximum atomic E-state index is 12.6. The lowest BCUT2D eigenvalue weighted by Gasteiger charge is -2.31. The third-order valence-corrected chi connectivity index (χ3v) is 7.79. The van der Waals surface area contributed by atoms with E-state index in [1.165, 1.54) is 37.7 Å². The summed E-state index contributed by atoms with van der Waals surface area (Å²) in [5.41, 5.74) is 2.72. The van der Waals surface area contributed by atoms with Gasteiger partial charge in [-0.05, 0) is 55.0 Å². The summed E-state index contributed by atoms with van der Waals surface area (Å²) >= 11 is 0. The molecule has 0 radical (unpaired) electrons. The van der Waals surface area contributed by atoms with E-state index in [4.69, 9.17) is 0 Å². The Kier molecular flexibility index (Phi) is 5.36. The predicted molar refractivity (Wildman–Crippen MR) is 115 cm³/mol. The summed E-state index contributed by atoms with van der Waals surface area (Å²) in [7, 11) is -0.462. The number of benzene rings is 2. The van der Waals surface area contributed by atoms with Crippen LogP contribution in [0.1, 0.15) is 24.8 Å². The number of carbonyl (C=O) groups excluding carboxylic acids is 1. The zero-order valence-corrected chi connectivity index (χ0v) is 17.7. The SMILES string of the molecule is CN(C)S(=O)(=O)c1ccc(CC(=O)Nc2ccccc2N2CC3CC[C@@H]2C3)cc1. The molecule has 1 heterocycles. The second-order valence-corrected chi connectivity index (χ2v) is 10.3. The van der Waals surface area contributed by atoms with Crippen LogP contribution in [0.4, 0.5) is 11.4 Å². The van der Waals surface area contributed by atoms with Gasteiger partial charge in [-0.2, -0.15) is 0 Å². The fraction of sp³-hybridized carbons (Fsp3) is 0.409. The highest BCUT2D eigenvalue weighted by Gasteiger charge is 2.38. The molecule has 2 atom stereocenters. The summed E-state index contributed by atoms with van der Waals surface area (Å²) in [6.07, 6.45) is 4.00. The van der Waals surface area contributed by atoms with Crippen molar-refractivity contribution in [3.8, 4) is 0 Å².